The van der Waals surface area contributed by atoms with E-state index in [-0.39, 0.29) is 24.4 Å². The number of benzene rings is 2. The molecule has 3 saturated heterocycles. The van der Waals surface area contributed by atoms with E-state index < -0.39 is 22.7 Å². The van der Waals surface area contributed by atoms with Crippen LogP contribution in [0.5, 0.6) is 5.75 Å². The third kappa shape index (κ3) is 7.72. The Morgan fingerprint density at radius 2 is 1.83 bits per heavy atom. The summed E-state index contributed by atoms with van der Waals surface area (Å²) in [5.41, 5.74) is 4.83. The van der Waals surface area contributed by atoms with Crippen LogP contribution in [-0.2, 0) is 20.4 Å². The number of aromatic nitrogens is 1. The molecule has 7 rings (SSSR count). The second-order valence-electron chi connectivity index (χ2n) is 14.7. The molecule has 0 spiro atoms. The van der Waals surface area contributed by atoms with Gasteiger partial charge in [-0.15, -0.1) is 5.10 Å². The predicted molar refractivity (Wildman–Crippen MR) is 204 cm³/mol. The van der Waals surface area contributed by atoms with E-state index in [4.69, 9.17) is 27.9 Å². The first-order chi connectivity index (χ1) is 26.1. The van der Waals surface area contributed by atoms with Crippen molar-refractivity contribution in [2.45, 2.75) is 55.4 Å². The Balaban J connectivity index is 1.08. The van der Waals surface area contributed by atoms with Crippen molar-refractivity contribution in [3.8, 4) is 5.75 Å². The number of nitrogens with zero attached hydrogens (tertiary/aromatic N) is 7. The molecule has 3 aromatic rings. The van der Waals surface area contributed by atoms with Crippen molar-refractivity contribution < 1.29 is 24.2 Å². The number of aliphatic carboxylic acids is 1. The van der Waals surface area contributed by atoms with E-state index in [0.29, 0.717) is 85.5 Å². The minimum absolute atomic E-state index is 0.130. The summed E-state index contributed by atoms with van der Waals surface area (Å²) in [6.07, 6.45) is 7.24. The molecule has 5 heterocycles. The van der Waals surface area contributed by atoms with Crippen molar-refractivity contribution in [3.63, 3.8) is 0 Å². The number of halogens is 2. The highest BCUT2D eigenvalue weighted by Gasteiger charge is 2.47. The average molecular weight is 776 g/mol. The summed E-state index contributed by atoms with van der Waals surface area (Å²) in [6.45, 7) is 3.96. The van der Waals surface area contributed by atoms with Gasteiger partial charge in [-0.25, -0.2) is 5.01 Å². The van der Waals surface area contributed by atoms with E-state index in [1.54, 1.807) is 30.6 Å². The molecule has 4 aliphatic rings. The van der Waals surface area contributed by atoms with Crippen LogP contribution in [-0.4, -0.2) is 102 Å². The lowest BCUT2D eigenvalue weighted by Gasteiger charge is -2.43. The molecule has 0 saturated carbocycles. The number of carbonyl (C=O) groups excluding carboxylic acids is 2. The van der Waals surface area contributed by atoms with Gasteiger partial charge in [-0.2, -0.15) is 5.11 Å². The van der Waals surface area contributed by atoms with E-state index in [1.165, 1.54) is 0 Å². The predicted octanol–water partition coefficient (Wildman–Crippen LogP) is 5.93. The van der Waals surface area contributed by atoms with Crippen LogP contribution in [0, 0.1) is 5.92 Å². The number of methoxy groups -OCH3 is 1. The summed E-state index contributed by atoms with van der Waals surface area (Å²) in [6, 6.07) is 16.5. The van der Waals surface area contributed by atoms with Crippen molar-refractivity contribution in [1.29, 1.82) is 0 Å². The Morgan fingerprint density at radius 3 is 2.54 bits per heavy atom. The SMILES string of the molecule is COc1ccc(C2C=NN=N2)cc1C(=O)N1CCC(CCN2CCC(C(=O)NN3CCCC(C(=O)O)C3)(c3ccccn3)CC2)(c2ccc(Cl)c(Cl)c2)C1. The average Bonchev–Trinajstić information content (AvgIpc) is 3.90. The van der Waals surface area contributed by atoms with Gasteiger partial charge < -0.3 is 19.6 Å². The van der Waals surface area contributed by atoms with Crippen LogP contribution in [0.3, 0.4) is 0 Å². The number of carboxylic acids is 1. The van der Waals surface area contributed by atoms with Crippen molar-refractivity contribution in [1.82, 2.24) is 25.2 Å². The van der Waals surface area contributed by atoms with Gasteiger partial charge in [0, 0.05) is 37.8 Å². The van der Waals surface area contributed by atoms with Crippen LogP contribution in [0.1, 0.15) is 71.7 Å². The van der Waals surface area contributed by atoms with Gasteiger partial charge in [-0.3, -0.25) is 24.8 Å². The zero-order valence-corrected chi connectivity index (χ0v) is 31.7. The molecule has 3 atom stereocenters. The van der Waals surface area contributed by atoms with Gasteiger partial charge in [-0.05, 0) is 111 Å². The number of ether oxygens (including phenoxy) is 1. The maximum Gasteiger partial charge on any atom is 0.307 e. The molecule has 2 amide bonds. The molecule has 13 nitrogen and oxygen atoms in total. The van der Waals surface area contributed by atoms with E-state index in [2.05, 4.69) is 30.7 Å². The van der Waals surface area contributed by atoms with Gasteiger partial charge in [0.05, 0.1) is 46.0 Å². The molecule has 0 radical (unpaired) electrons. The number of carbonyl (C=O) groups is 3. The number of carboxylic acid groups (broad SMARTS) is 1. The van der Waals surface area contributed by atoms with Crippen LogP contribution in [0.25, 0.3) is 0 Å². The topological polar surface area (TPSA) is 152 Å². The van der Waals surface area contributed by atoms with Crippen LogP contribution < -0.4 is 10.2 Å². The number of likely N-dealkylation sites (tertiary alicyclic amines) is 2. The zero-order valence-electron chi connectivity index (χ0n) is 30.2. The molecule has 2 N–H and O–H groups in total. The second kappa shape index (κ2) is 16.1. The maximum absolute atomic E-state index is 14.2. The maximum atomic E-state index is 14.2. The van der Waals surface area contributed by atoms with Gasteiger partial charge >= 0.3 is 5.97 Å². The highest BCUT2D eigenvalue weighted by atomic mass is 35.5. The number of nitrogens with one attached hydrogen (secondary N) is 1. The molecule has 2 aromatic carbocycles. The molecule has 0 bridgehead atoms. The summed E-state index contributed by atoms with van der Waals surface area (Å²) in [5, 5.41) is 24.0. The van der Waals surface area contributed by atoms with E-state index in [1.807, 2.05) is 53.4 Å². The van der Waals surface area contributed by atoms with E-state index in [9.17, 15) is 19.5 Å². The number of hydrogen-bond donors (Lipinski definition) is 2. The van der Waals surface area contributed by atoms with Crippen LogP contribution in [0.4, 0.5) is 0 Å². The van der Waals surface area contributed by atoms with Gasteiger partial charge in [-0.1, -0.05) is 41.4 Å². The normalized spacial score (nSPS) is 24.1. The molecule has 54 heavy (non-hydrogen) atoms. The minimum atomic E-state index is -0.856. The Labute approximate surface area is 324 Å². The fraction of sp³-hybridized carbons (Fsp3) is 0.462. The molecule has 1 aromatic heterocycles. The third-order valence-electron chi connectivity index (χ3n) is 11.6. The quantitative estimate of drug-likeness (QED) is 0.244. The number of pyridine rings is 1. The molecule has 15 heteroatoms. The van der Waals surface area contributed by atoms with E-state index in [0.717, 1.165) is 30.5 Å². The van der Waals surface area contributed by atoms with Crippen molar-refractivity contribution in [2.24, 2.45) is 21.4 Å². The molecule has 0 aliphatic carbocycles. The fourth-order valence-electron chi connectivity index (χ4n) is 8.37. The van der Waals surface area contributed by atoms with E-state index >= 15 is 0 Å². The van der Waals surface area contributed by atoms with Crippen LogP contribution in [0.15, 0.2) is 76.2 Å². The lowest BCUT2D eigenvalue weighted by Crippen LogP contribution is -2.58. The summed E-state index contributed by atoms with van der Waals surface area (Å²) < 4.78 is 5.63. The van der Waals surface area contributed by atoms with Crippen LogP contribution in [0.2, 0.25) is 10.0 Å². The first-order valence-corrected chi connectivity index (χ1v) is 19.2. The summed E-state index contributed by atoms with van der Waals surface area (Å²) in [5.74, 6) is -1.14. The standard InChI is InChI=1S/C39H44Cl2N8O5/c1-54-33-10-7-26(32-23-43-46-44-32)21-29(33)35(50)48-20-12-38(25-48,28-8-9-30(40)31(41)22-28)11-17-47-18-13-39(14-19-47,34-6-2-3-15-42-34)37(53)45-49-16-4-5-27(24-49)36(51)52/h2-3,6-10,15,21-23,27,32H,4-5,11-14,16-20,24-25H2,1H3,(H,45,53)(H,51,52). The smallest absolute Gasteiger partial charge is 0.307 e. The van der Waals surface area contributed by atoms with Crippen LogP contribution >= 0.6 is 23.2 Å². The third-order valence-corrected chi connectivity index (χ3v) is 12.4. The highest BCUT2D eigenvalue weighted by Crippen LogP contribution is 2.42. The Morgan fingerprint density at radius 1 is 1.00 bits per heavy atom. The molecule has 3 unspecified atom stereocenters. The second-order valence-corrected chi connectivity index (χ2v) is 15.5. The Kier molecular flexibility index (Phi) is 11.3. The number of amides is 2. The lowest BCUT2D eigenvalue weighted by atomic mass is 9.73. The number of piperidine rings is 2. The lowest BCUT2D eigenvalue weighted by molar-refractivity contribution is -0.146. The molecule has 3 fully saturated rings. The molecular weight excluding hydrogens is 731 g/mol. The number of hydrogen-bond acceptors (Lipinski definition) is 10. The number of hydrazine groups is 1. The van der Waals surface area contributed by atoms with Gasteiger partial charge in [0.15, 0.2) is 0 Å². The highest BCUT2D eigenvalue weighted by molar-refractivity contribution is 6.42. The monoisotopic (exact) mass is 774 g/mol. The summed E-state index contributed by atoms with van der Waals surface area (Å²) >= 11 is 13.0. The van der Waals surface area contributed by atoms with Crippen molar-refractivity contribution in [3.05, 3.63) is 93.2 Å². The largest absolute Gasteiger partial charge is 0.496 e. The molecule has 284 valence electrons. The Bertz CT molecular complexity index is 1930. The van der Waals surface area contributed by atoms with Gasteiger partial charge in [0.1, 0.15) is 11.8 Å². The summed E-state index contributed by atoms with van der Waals surface area (Å²) in [7, 11) is 1.56. The minimum Gasteiger partial charge on any atom is -0.496 e. The summed E-state index contributed by atoms with van der Waals surface area (Å²) in [4.78, 5) is 49.0. The zero-order chi connectivity index (χ0) is 37.9. The van der Waals surface area contributed by atoms with Gasteiger partial charge in [0.25, 0.3) is 5.91 Å². The van der Waals surface area contributed by atoms with Gasteiger partial charge in [0.2, 0.25) is 5.91 Å². The number of rotatable bonds is 11. The fourth-order valence-corrected chi connectivity index (χ4v) is 8.67. The van der Waals surface area contributed by atoms with Crippen molar-refractivity contribution >= 4 is 47.2 Å². The molecular formula is C39H44Cl2N8O5. The Hall–Kier alpha value is -4.43. The molecule has 4 aliphatic heterocycles. The first-order valence-electron chi connectivity index (χ1n) is 18.4. The van der Waals surface area contributed by atoms with Crippen molar-refractivity contribution in [2.75, 3.05) is 52.9 Å². The first kappa shape index (κ1) is 37.9.